The summed E-state index contributed by atoms with van der Waals surface area (Å²) in [6.45, 7) is 24.7. The molecule has 2 aliphatic rings. The second-order valence-corrected chi connectivity index (χ2v) is 17.3. The summed E-state index contributed by atoms with van der Waals surface area (Å²) < 4.78 is 0. The Labute approximate surface area is 265 Å². The largest absolute Gasteiger partial charge is 0.480 e. The monoisotopic (exact) mass is 622 g/mol. The predicted octanol–water partition coefficient (Wildman–Crippen LogP) is 4.89. The van der Waals surface area contributed by atoms with Crippen LogP contribution in [-0.2, 0) is 4.79 Å². The maximum Gasteiger partial charge on any atom is 0.318 e. The summed E-state index contributed by atoms with van der Waals surface area (Å²) in [6.07, 6.45) is 11.2. The molecule has 4 atom stereocenters. The second kappa shape index (κ2) is 13.1. The van der Waals surface area contributed by atoms with Gasteiger partial charge in [0.15, 0.2) is 0 Å². The third-order valence-corrected chi connectivity index (χ3v) is 9.87. The van der Waals surface area contributed by atoms with Crippen LogP contribution >= 0.6 is 0 Å². The number of aliphatic carboxylic acids is 1. The van der Waals surface area contributed by atoms with E-state index < -0.39 is 65.3 Å². The Morgan fingerprint density at radius 3 is 1.05 bits per heavy atom. The van der Waals surface area contributed by atoms with Gasteiger partial charge < -0.3 is 35.7 Å². The van der Waals surface area contributed by atoms with Gasteiger partial charge in [-0.05, 0) is 39.7 Å². The summed E-state index contributed by atoms with van der Waals surface area (Å²) in [5.74, 6) is -1.52. The first-order chi connectivity index (χ1) is 19.6. The topological polar surface area (TPSA) is 159 Å². The van der Waals surface area contributed by atoms with Gasteiger partial charge in [0.1, 0.15) is 5.41 Å². The second-order valence-electron chi connectivity index (χ2n) is 17.3. The molecule has 0 amide bonds. The maximum absolute atomic E-state index is 13.0. The summed E-state index contributed by atoms with van der Waals surface area (Å²) in [5, 5.41) is 68.2. The number of carboxylic acid groups (broad SMARTS) is 1. The molecule has 8 nitrogen and oxygen atoms in total. The number of hydrogen-bond donors (Lipinski definition) is 7. The molecule has 2 rings (SSSR count). The van der Waals surface area contributed by atoms with Crippen molar-refractivity contribution < 1.29 is 40.5 Å². The van der Waals surface area contributed by atoms with Crippen molar-refractivity contribution in [3.8, 4) is 0 Å². The molecule has 0 spiro atoms. The highest BCUT2D eigenvalue weighted by molar-refractivity contribution is 5.85. The van der Waals surface area contributed by atoms with Gasteiger partial charge in [0.05, 0.1) is 43.0 Å². The number of rotatable bonds is 7. The molecule has 0 aromatic carbocycles. The third-order valence-electron chi connectivity index (χ3n) is 9.87. The smallest absolute Gasteiger partial charge is 0.318 e. The van der Waals surface area contributed by atoms with E-state index in [-0.39, 0.29) is 22.7 Å². The lowest BCUT2D eigenvalue weighted by atomic mass is 9.55. The number of hydrogen-bond acceptors (Lipinski definition) is 7. The van der Waals surface area contributed by atoms with Crippen LogP contribution in [0.5, 0.6) is 0 Å². The molecule has 0 bridgehead atoms. The Hall–Kier alpha value is -1.81. The zero-order valence-corrected chi connectivity index (χ0v) is 29.5. The molecule has 0 fully saturated rings. The van der Waals surface area contributed by atoms with Crippen molar-refractivity contribution in [2.75, 3.05) is 26.4 Å². The van der Waals surface area contributed by atoms with Gasteiger partial charge >= 0.3 is 5.97 Å². The summed E-state index contributed by atoms with van der Waals surface area (Å²) in [5.41, 5.74) is -4.84. The Bertz CT molecular complexity index is 1040. The molecule has 0 saturated carbocycles. The van der Waals surface area contributed by atoms with Crippen LogP contribution in [0.25, 0.3) is 0 Å². The van der Waals surface area contributed by atoms with E-state index in [0.717, 1.165) is 0 Å². The SMILES string of the molecule is CC(C(=O)O)(C1=CC(C(C)(C)C)C(O)(C(C)(C)C)C=C1)C1=CC(C(C)(C)C)C(O)(C(C)(C)C)C=C1.OCC(CO)(CO)CO. The van der Waals surface area contributed by atoms with Crippen molar-refractivity contribution in [3.63, 3.8) is 0 Å². The van der Waals surface area contributed by atoms with Crippen molar-refractivity contribution >= 4 is 5.97 Å². The molecule has 8 heteroatoms. The lowest BCUT2D eigenvalue weighted by Crippen LogP contribution is -2.54. The minimum Gasteiger partial charge on any atom is -0.480 e. The number of carbonyl (C=O) groups is 1. The Morgan fingerprint density at radius 2 is 0.886 bits per heavy atom. The van der Waals surface area contributed by atoms with Crippen molar-refractivity contribution in [1.29, 1.82) is 0 Å². The molecule has 4 unspecified atom stereocenters. The average Bonchev–Trinajstić information content (AvgIpc) is 2.88. The van der Waals surface area contributed by atoms with E-state index in [1.165, 1.54) is 0 Å². The van der Waals surface area contributed by atoms with Gasteiger partial charge in [-0.2, -0.15) is 0 Å². The molecule has 44 heavy (non-hydrogen) atoms. The maximum atomic E-state index is 13.0. The molecule has 0 radical (unpaired) electrons. The van der Waals surface area contributed by atoms with Crippen LogP contribution in [0.3, 0.4) is 0 Å². The zero-order chi connectivity index (χ0) is 35.0. The van der Waals surface area contributed by atoms with E-state index in [9.17, 15) is 20.1 Å². The highest BCUT2D eigenvalue weighted by Gasteiger charge is 2.54. The van der Waals surface area contributed by atoms with E-state index in [4.69, 9.17) is 20.4 Å². The highest BCUT2D eigenvalue weighted by atomic mass is 16.4. The van der Waals surface area contributed by atoms with Gasteiger partial charge in [-0.15, -0.1) is 0 Å². The first-order valence-electron chi connectivity index (χ1n) is 15.5. The number of aliphatic hydroxyl groups is 6. The van der Waals surface area contributed by atoms with Crippen LogP contribution in [0.15, 0.2) is 47.6 Å². The first-order valence-corrected chi connectivity index (χ1v) is 15.5. The predicted molar refractivity (Wildman–Crippen MR) is 176 cm³/mol. The highest BCUT2D eigenvalue weighted by Crippen LogP contribution is 2.54. The fourth-order valence-electron chi connectivity index (χ4n) is 6.00. The van der Waals surface area contributed by atoms with Gasteiger partial charge in [0, 0.05) is 11.8 Å². The normalized spacial score (nSPS) is 28.0. The number of allylic oxidation sites excluding steroid dienone is 2. The van der Waals surface area contributed by atoms with E-state index in [1.54, 1.807) is 31.2 Å². The minimum atomic E-state index is -1.33. The van der Waals surface area contributed by atoms with Crippen LogP contribution in [0.1, 0.15) is 90.0 Å². The quantitative estimate of drug-likeness (QED) is 0.211. The van der Waals surface area contributed by atoms with Gasteiger partial charge in [-0.1, -0.05) is 120 Å². The third kappa shape index (κ3) is 7.59. The standard InChI is InChI=1S/C31H50O4.C5H12O4/c1-25(2,3)22-18-20(14-16-30(22,34)27(7,8)9)29(13,24(32)33)21-15-17-31(35,28(10,11)12)23(19-21)26(4,5)6;6-1-5(2-7,3-8)4-9/h14-19,22-23,34-35H,1-13H3,(H,32,33);6-9H,1-4H2. The summed E-state index contributed by atoms with van der Waals surface area (Å²) in [7, 11) is 0. The van der Waals surface area contributed by atoms with Crippen LogP contribution in [0, 0.1) is 44.3 Å². The van der Waals surface area contributed by atoms with Crippen LogP contribution in [0.4, 0.5) is 0 Å². The van der Waals surface area contributed by atoms with E-state index in [0.29, 0.717) is 11.1 Å². The Kier molecular flexibility index (Phi) is 12.0. The molecule has 2 aliphatic carbocycles. The lowest BCUT2D eigenvalue weighted by molar-refractivity contribution is -0.144. The Balaban J connectivity index is 0.000000930. The average molecular weight is 623 g/mol. The molecular weight excluding hydrogens is 560 g/mol. The van der Waals surface area contributed by atoms with E-state index >= 15 is 0 Å². The van der Waals surface area contributed by atoms with Gasteiger partial charge in [0.2, 0.25) is 0 Å². The summed E-state index contributed by atoms with van der Waals surface area (Å²) in [4.78, 5) is 13.0. The lowest BCUT2D eigenvalue weighted by Gasteiger charge is -2.52. The van der Waals surface area contributed by atoms with Crippen LogP contribution < -0.4 is 0 Å². The molecule has 0 aromatic rings. The number of aliphatic hydroxyl groups excluding tert-OH is 4. The minimum absolute atomic E-state index is 0.285. The van der Waals surface area contributed by atoms with Crippen molar-refractivity contribution in [2.24, 2.45) is 44.3 Å². The molecule has 7 N–H and O–H groups in total. The first kappa shape index (κ1) is 40.2. The fraction of sp³-hybridized carbons (Fsp3) is 0.750. The fourth-order valence-corrected chi connectivity index (χ4v) is 6.00. The van der Waals surface area contributed by atoms with Crippen molar-refractivity contribution in [1.82, 2.24) is 0 Å². The van der Waals surface area contributed by atoms with Gasteiger partial charge in [-0.3, -0.25) is 4.79 Å². The van der Waals surface area contributed by atoms with Crippen molar-refractivity contribution in [2.45, 2.75) is 101 Å². The van der Waals surface area contributed by atoms with Crippen LogP contribution in [0.2, 0.25) is 0 Å². The van der Waals surface area contributed by atoms with Crippen LogP contribution in [-0.4, -0.2) is 79.3 Å². The number of carboxylic acids is 1. The van der Waals surface area contributed by atoms with Gasteiger partial charge in [0.25, 0.3) is 0 Å². The molecule has 0 heterocycles. The Morgan fingerprint density at radius 1 is 0.614 bits per heavy atom. The van der Waals surface area contributed by atoms with Crippen molar-refractivity contribution in [3.05, 3.63) is 47.6 Å². The van der Waals surface area contributed by atoms with E-state index in [1.807, 2.05) is 53.7 Å². The molecular formula is C36H62O8. The molecule has 0 aliphatic heterocycles. The zero-order valence-electron chi connectivity index (χ0n) is 29.5. The molecule has 254 valence electrons. The van der Waals surface area contributed by atoms with E-state index in [2.05, 4.69) is 41.5 Å². The van der Waals surface area contributed by atoms with Gasteiger partial charge in [-0.25, -0.2) is 0 Å². The molecule has 0 saturated heterocycles. The summed E-state index contributed by atoms with van der Waals surface area (Å²) in [6, 6.07) is 0. The summed E-state index contributed by atoms with van der Waals surface area (Å²) >= 11 is 0. The molecule has 0 aromatic heterocycles.